The fraction of sp³-hybridized carbons (Fsp3) is 0.417. The Morgan fingerprint density at radius 1 is 1.03 bits per heavy atom. The van der Waals surface area contributed by atoms with E-state index in [1.807, 2.05) is 0 Å². The van der Waals surface area contributed by atoms with Gasteiger partial charge in [-0.3, -0.25) is 24.7 Å². The van der Waals surface area contributed by atoms with E-state index >= 15 is 0 Å². The van der Waals surface area contributed by atoms with Crippen molar-refractivity contribution in [3.8, 4) is 0 Å². The van der Waals surface area contributed by atoms with Crippen molar-refractivity contribution in [1.82, 2.24) is 15.1 Å². The van der Waals surface area contributed by atoms with Crippen molar-refractivity contribution >= 4 is 46.1 Å². The molecule has 0 aromatic heterocycles. The largest absolute Gasteiger partial charge is 0.369 e. The Morgan fingerprint density at radius 2 is 1.78 bits per heavy atom. The summed E-state index contributed by atoms with van der Waals surface area (Å²) >= 11 is 8.36. The number of carbonyl (C=O) groups excluding carboxylic acids is 2. The van der Waals surface area contributed by atoms with E-state index in [9.17, 15) is 9.59 Å². The van der Waals surface area contributed by atoms with Crippen LogP contribution in [0.5, 0.6) is 0 Å². The Balaban J connectivity index is 1.25. The van der Waals surface area contributed by atoms with Crippen molar-refractivity contribution in [2.24, 2.45) is 0 Å². The number of piperazine rings is 1. The molecule has 8 heteroatoms. The first kappa shape index (κ1) is 21.9. The maximum Gasteiger partial charge on any atom is 0.243 e. The van der Waals surface area contributed by atoms with Gasteiger partial charge in [0.25, 0.3) is 0 Å². The Bertz CT molecular complexity index is 1020. The Kier molecular flexibility index (Phi) is 6.29. The van der Waals surface area contributed by atoms with Gasteiger partial charge in [-0.25, -0.2) is 0 Å². The molecule has 3 aliphatic heterocycles. The van der Waals surface area contributed by atoms with Crippen molar-refractivity contribution in [2.75, 3.05) is 31.1 Å². The molecule has 0 spiro atoms. The summed E-state index contributed by atoms with van der Waals surface area (Å²) in [5.74, 6) is -0.375. The van der Waals surface area contributed by atoms with Crippen LogP contribution in [-0.2, 0) is 22.7 Å². The van der Waals surface area contributed by atoms with Crippen LogP contribution in [0.4, 0.5) is 5.69 Å². The van der Waals surface area contributed by atoms with E-state index in [1.54, 1.807) is 0 Å². The minimum absolute atomic E-state index is 0.122. The second kappa shape index (κ2) is 9.17. The summed E-state index contributed by atoms with van der Waals surface area (Å²) in [7, 11) is 0. The number of hydrogen-bond acceptors (Lipinski definition) is 6. The predicted molar refractivity (Wildman–Crippen MR) is 132 cm³/mol. The van der Waals surface area contributed by atoms with E-state index < -0.39 is 0 Å². The maximum absolute atomic E-state index is 12.4. The van der Waals surface area contributed by atoms with Crippen LogP contribution < -0.4 is 10.2 Å². The fourth-order valence-corrected chi connectivity index (χ4v) is 5.77. The second-order valence-electron chi connectivity index (χ2n) is 8.74. The first-order chi connectivity index (χ1) is 15.5. The number of nitrogens with one attached hydrogen (secondary N) is 1. The highest BCUT2D eigenvalue weighted by atomic mass is 79.9. The van der Waals surface area contributed by atoms with Gasteiger partial charge < -0.3 is 4.90 Å². The van der Waals surface area contributed by atoms with E-state index in [-0.39, 0.29) is 23.2 Å². The third-order valence-electron chi connectivity index (χ3n) is 6.81. The minimum atomic E-state index is -0.301. The molecule has 2 aromatic rings. The molecule has 168 valence electrons. The molecule has 6 nitrogen and oxygen atoms in total. The summed E-state index contributed by atoms with van der Waals surface area (Å²) in [6.07, 6.45) is 0.947. The quantitative estimate of drug-likeness (QED) is 0.484. The molecular formula is C24H27BrN4O2S. The lowest BCUT2D eigenvalue weighted by Crippen LogP contribution is -2.51. The first-order valence-electron chi connectivity index (χ1n) is 11.1. The van der Waals surface area contributed by atoms with Crippen molar-refractivity contribution < 1.29 is 9.59 Å². The van der Waals surface area contributed by atoms with E-state index in [0.717, 1.165) is 37.2 Å². The molecule has 0 saturated carbocycles. The van der Waals surface area contributed by atoms with Gasteiger partial charge in [0, 0.05) is 55.8 Å². The number of anilines is 1. The highest BCUT2D eigenvalue weighted by molar-refractivity contribution is 9.10. The van der Waals surface area contributed by atoms with Gasteiger partial charge in [-0.1, -0.05) is 34.1 Å². The van der Waals surface area contributed by atoms with Crippen LogP contribution in [-0.4, -0.2) is 53.8 Å². The van der Waals surface area contributed by atoms with Crippen LogP contribution in [0.3, 0.4) is 0 Å². The summed E-state index contributed by atoms with van der Waals surface area (Å²) in [6, 6.07) is 14.6. The number of thiol groups is 1. The normalized spacial score (nSPS) is 24.5. The number of carbonyl (C=O) groups is 2. The van der Waals surface area contributed by atoms with Crippen LogP contribution in [0.25, 0.3) is 0 Å². The topological polar surface area (TPSA) is 55.9 Å². The molecule has 32 heavy (non-hydrogen) atoms. The lowest BCUT2D eigenvalue weighted by Gasteiger charge is -2.36. The standard InChI is InChI=1S/C24H27BrN4O2S/c25-17-4-6-18(7-5-17)28-12-10-27(11-13-28)14-16-2-1-3-19-20(16)15-29(24(19)32)21-8-9-22(30)26-23(21)31/h1-7,21,24,32H,8-15H2,(H,26,30,31). The van der Waals surface area contributed by atoms with Crippen LogP contribution in [0.1, 0.15) is 34.9 Å². The zero-order valence-electron chi connectivity index (χ0n) is 17.8. The summed E-state index contributed by atoms with van der Waals surface area (Å²) in [6.45, 7) is 5.65. The number of piperidine rings is 1. The fourth-order valence-electron chi connectivity index (χ4n) is 5.02. The molecule has 1 N–H and O–H groups in total. The lowest BCUT2D eigenvalue weighted by atomic mass is 10.0. The first-order valence-corrected chi connectivity index (χ1v) is 12.4. The molecule has 0 bridgehead atoms. The molecule has 3 aliphatic rings. The number of nitrogens with zero attached hydrogens (tertiary/aromatic N) is 3. The molecule has 5 rings (SSSR count). The number of imide groups is 1. The molecule has 2 saturated heterocycles. The summed E-state index contributed by atoms with van der Waals surface area (Å²) < 4.78 is 1.10. The second-order valence-corrected chi connectivity index (χ2v) is 10.1. The SMILES string of the molecule is O=C1CCC(N2Cc3c(CN4CCN(c5ccc(Br)cc5)CC4)cccc3C2S)C(=O)N1. The molecule has 3 heterocycles. The van der Waals surface area contributed by atoms with Crippen molar-refractivity contribution in [2.45, 2.75) is 37.3 Å². The number of benzene rings is 2. The molecule has 2 amide bonds. The molecule has 2 fully saturated rings. The third-order valence-corrected chi connectivity index (χ3v) is 7.91. The molecule has 2 aromatic carbocycles. The smallest absolute Gasteiger partial charge is 0.243 e. The van der Waals surface area contributed by atoms with Crippen LogP contribution in [0.15, 0.2) is 46.9 Å². The van der Waals surface area contributed by atoms with E-state index in [0.29, 0.717) is 19.4 Å². The summed E-state index contributed by atoms with van der Waals surface area (Å²) in [5, 5.41) is 2.36. The predicted octanol–water partition coefficient (Wildman–Crippen LogP) is 3.32. The zero-order valence-corrected chi connectivity index (χ0v) is 20.3. The molecule has 0 aliphatic carbocycles. The highest BCUT2D eigenvalue weighted by Crippen LogP contribution is 2.40. The number of hydrogen-bond donors (Lipinski definition) is 2. The molecule has 2 unspecified atom stereocenters. The number of rotatable bonds is 4. The van der Waals surface area contributed by atoms with Gasteiger partial charge in [0.1, 0.15) is 0 Å². The number of amides is 2. The summed E-state index contributed by atoms with van der Waals surface area (Å²) in [4.78, 5) is 31.1. The average molecular weight is 515 g/mol. The third kappa shape index (κ3) is 4.33. The molecular weight excluding hydrogens is 488 g/mol. The van der Waals surface area contributed by atoms with Gasteiger partial charge in [-0.2, -0.15) is 12.6 Å². The zero-order chi connectivity index (χ0) is 22.2. The Morgan fingerprint density at radius 3 is 2.50 bits per heavy atom. The van der Waals surface area contributed by atoms with Gasteiger partial charge in [0.2, 0.25) is 11.8 Å². The van der Waals surface area contributed by atoms with Gasteiger partial charge in [-0.15, -0.1) is 0 Å². The highest BCUT2D eigenvalue weighted by Gasteiger charge is 2.39. The van der Waals surface area contributed by atoms with E-state index in [4.69, 9.17) is 12.6 Å². The Labute approximate surface area is 202 Å². The number of fused-ring (bicyclic) bond motifs is 1. The number of halogens is 1. The monoisotopic (exact) mass is 514 g/mol. The van der Waals surface area contributed by atoms with Crippen molar-refractivity contribution in [3.05, 3.63) is 63.6 Å². The van der Waals surface area contributed by atoms with Crippen LogP contribution in [0, 0.1) is 0 Å². The van der Waals surface area contributed by atoms with Crippen molar-refractivity contribution in [1.29, 1.82) is 0 Å². The van der Waals surface area contributed by atoms with Gasteiger partial charge in [-0.05, 0) is 47.4 Å². The van der Waals surface area contributed by atoms with E-state index in [2.05, 4.69) is 78.4 Å². The van der Waals surface area contributed by atoms with Gasteiger partial charge in [0.05, 0.1) is 11.4 Å². The minimum Gasteiger partial charge on any atom is -0.369 e. The van der Waals surface area contributed by atoms with Crippen molar-refractivity contribution in [3.63, 3.8) is 0 Å². The maximum atomic E-state index is 12.4. The van der Waals surface area contributed by atoms with Gasteiger partial charge in [0.15, 0.2) is 0 Å². The van der Waals surface area contributed by atoms with E-state index in [1.165, 1.54) is 22.4 Å². The summed E-state index contributed by atoms with van der Waals surface area (Å²) in [5.41, 5.74) is 5.05. The van der Waals surface area contributed by atoms with Crippen LogP contribution in [0.2, 0.25) is 0 Å². The average Bonchev–Trinajstić information content (AvgIpc) is 3.12. The van der Waals surface area contributed by atoms with Gasteiger partial charge >= 0.3 is 0 Å². The lowest BCUT2D eigenvalue weighted by molar-refractivity contribution is -0.137. The molecule has 2 atom stereocenters. The Hall–Kier alpha value is -1.87. The van der Waals surface area contributed by atoms with Crippen LogP contribution >= 0.6 is 28.6 Å². The molecule has 0 radical (unpaired) electrons.